The summed E-state index contributed by atoms with van der Waals surface area (Å²) in [6, 6.07) is 0. The van der Waals surface area contributed by atoms with Gasteiger partial charge in [-0.1, -0.05) is 0 Å². The summed E-state index contributed by atoms with van der Waals surface area (Å²) in [4.78, 5) is 0. The van der Waals surface area contributed by atoms with Crippen molar-refractivity contribution in [3.8, 4) is 0 Å². The SMILES string of the molecule is CCOC(C)OC(C)(C)CCOC(C)C. The van der Waals surface area contributed by atoms with Crippen molar-refractivity contribution in [1.29, 1.82) is 0 Å². The van der Waals surface area contributed by atoms with Crippen molar-refractivity contribution < 1.29 is 14.2 Å². The van der Waals surface area contributed by atoms with Crippen LogP contribution in [0.4, 0.5) is 0 Å². The maximum Gasteiger partial charge on any atom is 0.155 e. The lowest BCUT2D eigenvalue weighted by molar-refractivity contribution is -0.194. The van der Waals surface area contributed by atoms with Gasteiger partial charge in [0.05, 0.1) is 11.7 Å². The Morgan fingerprint density at radius 1 is 1.07 bits per heavy atom. The predicted octanol–water partition coefficient (Wildman–Crippen LogP) is 2.98. The highest BCUT2D eigenvalue weighted by Crippen LogP contribution is 2.17. The number of hydrogen-bond donors (Lipinski definition) is 0. The summed E-state index contributed by atoms with van der Waals surface area (Å²) in [5, 5.41) is 0. The molecule has 0 aromatic rings. The molecule has 15 heavy (non-hydrogen) atoms. The molecule has 3 heteroatoms. The van der Waals surface area contributed by atoms with Crippen molar-refractivity contribution in [1.82, 2.24) is 0 Å². The third kappa shape index (κ3) is 8.85. The lowest BCUT2D eigenvalue weighted by Crippen LogP contribution is -2.32. The molecule has 0 amide bonds. The Balaban J connectivity index is 3.75. The van der Waals surface area contributed by atoms with Gasteiger partial charge in [-0.15, -0.1) is 0 Å². The van der Waals surface area contributed by atoms with E-state index in [2.05, 4.69) is 13.8 Å². The third-order valence-electron chi connectivity index (χ3n) is 2.04. The Morgan fingerprint density at radius 3 is 2.13 bits per heavy atom. The summed E-state index contributed by atoms with van der Waals surface area (Å²) in [6.45, 7) is 13.5. The number of rotatable bonds is 8. The molecule has 0 heterocycles. The first kappa shape index (κ1) is 14.9. The monoisotopic (exact) mass is 218 g/mol. The van der Waals surface area contributed by atoms with E-state index in [1.807, 2.05) is 27.7 Å². The van der Waals surface area contributed by atoms with Crippen LogP contribution in [0, 0.1) is 0 Å². The fraction of sp³-hybridized carbons (Fsp3) is 1.00. The topological polar surface area (TPSA) is 27.7 Å². The predicted molar refractivity (Wildman–Crippen MR) is 62.0 cm³/mol. The van der Waals surface area contributed by atoms with E-state index in [0.29, 0.717) is 6.61 Å². The van der Waals surface area contributed by atoms with Crippen LogP contribution < -0.4 is 0 Å². The normalized spacial score (nSPS) is 14.6. The van der Waals surface area contributed by atoms with E-state index >= 15 is 0 Å². The molecule has 3 nitrogen and oxygen atoms in total. The van der Waals surface area contributed by atoms with Crippen LogP contribution in [0.5, 0.6) is 0 Å². The van der Waals surface area contributed by atoms with Gasteiger partial charge in [0.25, 0.3) is 0 Å². The fourth-order valence-corrected chi connectivity index (χ4v) is 1.32. The molecule has 0 saturated carbocycles. The summed E-state index contributed by atoms with van der Waals surface area (Å²) >= 11 is 0. The Labute approximate surface area is 94.1 Å². The molecule has 0 radical (unpaired) electrons. The van der Waals surface area contributed by atoms with Gasteiger partial charge in [0.15, 0.2) is 6.29 Å². The van der Waals surface area contributed by atoms with E-state index in [-0.39, 0.29) is 18.0 Å². The summed E-state index contributed by atoms with van der Waals surface area (Å²) in [6.07, 6.45) is 1.01. The van der Waals surface area contributed by atoms with E-state index in [1.54, 1.807) is 0 Å². The minimum atomic E-state index is -0.191. The van der Waals surface area contributed by atoms with Gasteiger partial charge in [0, 0.05) is 13.2 Å². The van der Waals surface area contributed by atoms with Gasteiger partial charge in [0.2, 0.25) is 0 Å². The molecule has 0 aliphatic heterocycles. The summed E-state index contributed by atoms with van der Waals surface area (Å²) < 4.78 is 16.6. The van der Waals surface area contributed by atoms with E-state index in [4.69, 9.17) is 14.2 Å². The van der Waals surface area contributed by atoms with Crippen LogP contribution in [0.2, 0.25) is 0 Å². The van der Waals surface area contributed by atoms with Gasteiger partial charge in [-0.05, 0) is 48.0 Å². The Bertz CT molecular complexity index is 155. The molecule has 0 aliphatic carbocycles. The second-order valence-electron chi connectivity index (χ2n) is 4.57. The van der Waals surface area contributed by atoms with Crippen LogP contribution in [0.25, 0.3) is 0 Å². The van der Waals surface area contributed by atoms with Crippen molar-refractivity contribution >= 4 is 0 Å². The second kappa shape index (κ2) is 7.20. The molecule has 0 aliphatic rings. The van der Waals surface area contributed by atoms with E-state index in [0.717, 1.165) is 13.0 Å². The van der Waals surface area contributed by atoms with Crippen LogP contribution in [-0.4, -0.2) is 31.2 Å². The van der Waals surface area contributed by atoms with Crippen LogP contribution >= 0.6 is 0 Å². The van der Waals surface area contributed by atoms with Crippen molar-refractivity contribution in [2.75, 3.05) is 13.2 Å². The first-order valence-corrected chi connectivity index (χ1v) is 5.78. The highest BCUT2D eigenvalue weighted by atomic mass is 16.7. The maximum atomic E-state index is 5.76. The van der Waals surface area contributed by atoms with E-state index < -0.39 is 0 Å². The summed E-state index contributed by atoms with van der Waals surface area (Å²) in [5.74, 6) is 0. The molecule has 1 atom stereocenters. The lowest BCUT2D eigenvalue weighted by Gasteiger charge is -2.29. The molecule has 1 unspecified atom stereocenters. The second-order valence-corrected chi connectivity index (χ2v) is 4.57. The molecule has 0 N–H and O–H groups in total. The zero-order chi connectivity index (χ0) is 11.9. The maximum absolute atomic E-state index is 5.76. The van der Waals surface area contributed by atoms with Crippen LogP contribution in [0.1, 0.15) is 48.0 Å². The van der Waals surface area contributed by atoms with E-state index in [1.165, 1.54) is 0 Å². The van der Waals surface area contributed by atoms with Gasteiger partial charge >= 0.3 is 0 Å². The molecule has 0 aromatic carbocycles. The summed E-state index contributed by atoms with van der Waals surface area (Å²) in [5.41, 5.74) is -0.191. The Morgan fingerprint density at radius 2 is 1.67 bits per heavy atom. The van der Waals surface area contributed by atoms with Gasteiger partial charge < -0.3 is 14.2 Å². The fourth-order valence-electron chi connectivity index (χ4n) is 1.32. The highest BCUT2D eigenvalue weighted by molar-refractivity contribution is 4.68. The molecule has 0 rings (SSSR count). The van der Waals surface area contributed by atoms with Crippen molar-refractivity contribution in [2.45, 2.75) is 66.0 Å². The zero-order valence-electron chi connectivity index (χ0n) is 11.0. The zero-order valence-corrected chi connectivity index (χ0v) is 11.0. The van der Waals surface area contributed by atoms with Crippen LogP contribution in [0.3, 0.4) is 0 Å². The third-order valence-corrected chi connectivity index (χ3v) is 2.04. The highest BCUT2D eigenvalue weighted by Gasteiger charge is 2.21. The molecule has 0 aromatic heterocycles. The minimum Gasteiger partial charge on any atom is -0.379 e. The van der Waals surface area contributed by atoms with Gasteiger partial charge in [-0.2, -0.15) is 0 Å². The van der Waals surface area contributed by atoms with Gasteiger partial charge in [-0.3, -0.25) is 0 Å². The average molecular weight is 218 g/mol. The quantitative estimate of drug-likeness (QED) is 0.586. The molecular formula is C12H26O3. The summed E-state index contributed by atoms with van der Waals surface area (Å²) in [7, 11) is 0. The standard InChI is InChI=1S/C12H26O3/c1-7-13-11(4)15-12(5,6)8-9-14-10(2)3/h10-11H,7-9H2,1-6H3. The first-order chi connectivity index (χ1) is 6.87. The molecular weight excluding hydrogens is 192 g/mol. The molecule has 0 fully saturated rings. The Hall–Kier alpha value is -0.120. The molecule has 92 valence electrons. The number of hydrogen-bond acceptors (Lipinski definition) is 3. The van der Waals surface area contributed by atoms with Crippen molar-refractivity contribution in [3.05, 3.63) is 0 Å². The van der Waals surface area contributed by atoms with Crippen molar-refractivity contribution in [2.24, 2.45) is 0 Å². The number of ether oxygens (including phenoxy) is 3. The molecule has 0 spiro atoms. The van der Waals surface area contributed by atoms with Crippen LogP contribution in [-0.2, 0) is 14.2 Å². The smallest absolute Gasteiger partial charge is 0.155 e. The first-order valence-electron chi connectivity index (χ1n) is 5.78. The van der Waals surface area contributed by atoms with Gasteiger partial charge in [0.1, 0.15) is 0 Å². The van der Waals surface area contributed by atoms with Crippen LogP contribution in [0.15, 0.2) is 0 Å². The molecule has 0 saturated heterocycles. The Kier molecular flexibility index (Phi) is 7.14. The van der Waals surface area contributed by atoms with Crippen molar-refractivity contribution in [3.63, 3.8) is 0 Å². The minimum absolute atomic E-state index is 0.149. The van der Waals surface area contributed by atoms with E-state index in [9.17, 15) is 0 Å². The average Bonchev–Trinajstić information content (AvgIpc) is 2.01. The largest absolute Gasteiger partial charge is 0.379 e. The lowest BCUT2D eigenvalue weighted by atomic mass is 10.1. The molecule has 0 bridgehead atoms. The van der Waals surface area contributed by atoms with Gasteiger partial charge in [-0.25, -0.2) is 0 Å².